The molecule has 0 saturated heterocycles. The second-order valence-corrected chi connectivity index (χ2v) is 3.77. The van der Waals surface area contributed by atoms with Crippen LogP contribution in [0.25, 0.3) is 0 Å². The molecule has 1 aromatic rings. The molecule has 4 heteroatoms. The Bertz CT molecular complexity index is 342. The molecule has 4 nitrogen and oxygen atoms in total. The molecule has 0 aromatic heterocycles. The summed E-state index contributed by atoms with van der Waals surface area (Å²) in [5.74, 6) is 1.57. The maximum Gasteiger partial charge on any atom is 0.165 e. The third-order valence-corrected chi connectivity index (χ3v) is 2.52. The number of para-hydroxylation sites is 1. The summed E-state index contributed by atoms with van der Waals surface area (Å²) in [6.45, 7) is 7.59. The fraction of sp³-hybridized carbons (Fsp3) is 0.571. The second-order valence-electron chi connectivity index (χ2n) is 3.77. The normalized spacial score (nSPS) is 10.4. The molecule has 0 fully saturated rings. The van der Waals surface area contributed by atoms with E-state index in [1.54, 1.807) is 7.11 Å². The molecule has 0 aliphatic carbocycles. The molecule has 0 heterocycles. The van der Waals surface area contributed by atoms with Gasteiger partial charge in [0.1, 0.15) is 6.61 Å². The molecule has 0 unspecified atom stereocenters. The van der Waals surface area contributed by atoms with Crippen LogP contribution in [0.3, 0.4) is 0 Å². The highest BCUT2D eigenvalue weighted by Gasteiger charge is 2.09. The van der Waals surface area contributed by atoms with Gasteiger partial charge in [-0.05, 0) is 19.5 Å². The molecule has 0 spiro atoms. The van der Waals surface area contributed by atoms with Gasteiger partial charge in [0.2, 0.25) is 0 Å². The lowest BCUT2D eigenvalue weighted by molar-refractivity contribution is 0.108. The van der Waals surface area contributed by atoms with Gasteiger partial charge in [0.15, 0.2) is 11.5 Å². The van der Waals surface area contributed by atoms with Crippen LogP contribution in [0.2, 0.25) is 0 Å². The number of rotatable bonds is 9. The van der Waals surface area contributed by atoms with Crippen LogP contribution in [-0.4, -0.2) is 33.5 Å². The van der Waals surface area contributed by atoms with Gasteiger partial charge in [-0.2, -0.15) is 0 Å². The first-order chi connectivity index (χ1) is 8.83. The molecular weight excluding hydrogens is 230 g/mol. The smallest absolute Gasteiger partial charge is 0.165 e. The third kappa shape index (κ3) is 4.55. The van der Waals surface area contributed by atoms with Crippen LogP contribution < -0.4 is 14.8 Å². The monoisotopic (exact) mass is 253 g/mol. The lowest BCUT2D eigenvalue weighted by atomic mass is 10.2. The van der Waals surface area contributed by atoms with Crippen molar-refractivity contribution in [3.63, 3.8) is 0 Å². The Labute approximate surface area is 109 Å². The number of ether oxygens (including phenoxy) is 3. The molecule has 0 aliphatic rings. The van der Waals surface area contributed by atoms with Crippen molar-refractivity contribution < 1.29 is 14.2 Å². The molecule has 0 atom stereocenters. The lowest BCUT2D eigenvalue weighted by Crippen LogP contribution is -2.14. The average molecular weight is 253 g/mol. The first-order valence-electron chi connectivity index (χ1n) is 6.40. The van der Waals surface area contributed by atoms with Gasteiger partial charge in [-0.15, -0.1) is 0 Å². The summed E-state index contributed by atoms with van der Waals surface area (Å²) in [6, 6.07) is 5.92. The van der Waals surface area contributed by atoms with Crippen molar-refractivity contribution in [1.29, 1.82) is 0 Å². The van der Waals surface area contributed by atoms with Crippen molar-refractivity contribution in [2.75, 3.05) is 33.5 Å². The molecular formula is C14H23NO3. The van der Waals surface area contributed by atoms with Crippen LogP contribution in [0.1, 0.15) is 19.4 Å². The zero-order valence-electron chi connectivity index (χ0n) is 11.5. The summed E-state index contributed by atoms with van der Waals surface area (Å²) >= 11 is 0. The number of hydrogen-bond donors (Lipinski definition) is 1. The average Bonchev–Trinajstić information content (AvgIpc) is 2.41. The fourth-order valence-electron chi connectivity index (χ4n) is 1.63. The Morgan fingerprint density at radius 1 is 1.17 bits per heavy atom. The zero-order valence-corrected chi connectivity index (χ0v) is 11.5. The minimum Gasteiger partial charge on any atom is -0.493 e. The van der Waals surface area contributed by atoms with E-state index in [1.807, 2.05) is 25.1 Å². The van der Waals surface area contributed by atoms with Gasteiger partial charge < -0.3 is 19.5 Å². The summed E-state index contributed by atoms with van der Waals surface area (Å²) in [5, 5.41) is 3.29. The fourth-order valence-corrected chi connectivity index (χ4v) is 1.63. The minimum atomic E-state index is 0.535. The van der Waals surface area contributed by atoms with Gasteiger partial charge >= 0.3 is 0 Å². The standard InChI is InChI=1S/C14H23NO3/c1-4-15-11-12-7-6-8-13(16-3)14(12)18-10-9-17-5-2/h6-8,15H,4-5,9-11H2,1-3H3. The van der Waals surface area contributed by atoms with E-state index < -0.39 is 0 Å². The summed E-state index contributed by atoms with van der Waals surface area (Å²) in [5.41, 5.74) is 1.10. The van der Waals surface area contributed by atoms with E-state index in [2.05, 4.69) is 12.2 Å². The molecule has 1 rings (SSSR count). The number of hydrogen-bond acceptors (Lipinski definition) is 4. The summed E-state index contributed by atoms with van der Waals surface area (Å²) in [4.78, 5) is 0. The molecule has 0 amide bonds. The van der Waals surface area contributed by atoms with E-state index in [0.717, 1.165) is 30.2 Å². The Kier molecular flexibility index (Phi) is 7.22. The van der Waals surface area contributed by atoms with E-state index >= 15 is 0 Å². The van der Waals surface area contributed by atoms with E-state index in [9.17, 15) is 0 Å². The molecule has 102 valence electrons. The van der Waals surface area contributed by atoms with Crippen LogP contribution in [0, 0.1) is 0 Å². The molecule has 0 aliphatic heterocycles. The van der Waals surface area contributed by atoms with Crippen LogP contribution in [-0.2, 0) is 11.3 Å². The Morgan fingerprint density at radius 3 is 2.67 bits per heavy atom. The Hall–Kier alpha value is -1.26. The Balaban J connectivity index is 2.69. The predicted octanol–water partition coefficient (Wildman–Crippen LogP) is 2.22. The third-order valence-electron chi connectivity index (χ3n) is 2.52. The lowest BCUT2D eigenvalue weighted by Gasteiger charge is -2.15. The summed E-state index contributed by atoms with van der Waals surface area (Å²) < 4.78 is 16.4. The number of benzene rings is 1. The first-order valence-corrected chi connectivity index (χ1v) is 6.40. The molecule has 0 radical (unpaired) electrons. The zero-order chi connectivity index (χ0) is 13.2. The SMILES string of the molecule is CCNCc1cccc(OC)c1OCCOCC. The van der Waals surface area contributed by atoms with Crippen molar-refractivity contribution in [3.05, 3.63) is 23.8 Å². The van der Waals surface area contributed by atoms with Crippen LogP contribution in [0.5, 0.6) is 11.5 Å². The second kappa shape index (κ2) is 8.78. The van der Waals surface area contributed by atoms with E-state index in [0.29, 0.717) is 19.8 Å². The van der Waals surface area contributed by atoms with E-state index in [1.165, 1.54) is 0 Å². The summed E-state index contributed by atoms with van der Waals surface area (Å²) in [6.07, 6.45) is 0. The molecule has 0 saturated carbocycles. The van der Waals surface area contributed by atoms with Gasteiger partial charge in [-0.25, -0.2) is 0 Å². The van der Waals surface area contributed by atoms with Crippen LogP contribution in [0.15, 0.2) is 18.2 Å². The summed E-state index contributed by atoms with van der Waals surface area (Å²) in [7, 11) is 1.65. The number of methoxy groups -OCH3 is 1. The molecule has 0 bridgehead atoms. The Morgan fingerprint density at radius 2 is 2.00 bits per heavy atom. The predicted molar refractivity (Wildman–Crippen MR) is 72.4 cm³/mol. The van der Waals surface area contributed by atoms with Crippen molar-refractivity contribution >= 4 is 0 Å². The quantitative estimate of drug-likeness (QED) is 0.685. The highest BCUT2D eigenvalue weighted by molar-refractivity contribution is 5.46. The largest absolute Gasteiger partial charge is 0.493 e. The van der Waals surface area contributed by atoms with Gasteiger partial charge in [0, 0.05) is 18.7 Å². The molecule has 1 N–H and O–H groups in total. The van der Waals surface area contributed by atoms with E-state index in [-0.39, 0.29) is 0 Å². The van der Waals surface area contributed by atoms with Crippen molar-refractivity contribution in [3.8, 4) is 11.5 Å². The highest BCUT2D eigenvalue weighted by atomic mass is 16.5. The topological polar surface area (TPSA) is 39.7 Å². The number of nitrogens with one attached hydrogen (secondary N) is 1. The maximum atomic E-state index is 5.77. The minimum absolute atomic E-state index is 0.535. The first kappa shape index (κ1) is 14.8. The molecule has 18 heavy (non-hydrogen) atoms. The molecule has 1 aromatic carbocycles. The highest BCUT2D eigenvalue weighted by Crippen LogP contribution is 2.30. The van der Waals surface area contributed by atoms with Gasteiger partial charge in [-0.1, -0.05) is 19.1 Å². The van der Waals surface area contributed by atoms with Gasteiger partial charge in [0.25, 0.3) is 0 Å². The van der Waals surface area contributed by atoms with Crippen molar-refractivity contribution in [2.24, 2.45) is 0 Å². The van der Waals surface area contributed by atoms with E-state index in [4.69, 9.17) is 14.2 Å². The van der Waals surface area contributed by atoms with Gasteiger partial charge in [0.05, 0.1) is 13.7 Å². The van der Waals surface area contributed by atoms with Crippen molar-refractivity contribution in [1.82, 2.24) is 5.32 Å². The van der Waals surface area contributed by atoms with Crippen LogP contribution >= 0.6 is 0 Å². The van der Waals surface area contributed by atoms with Crippen LogP contribution in [0.4, 0.5) is 0 Å². The van der Waals surface area contributed by atoms with Gasteiger partial charge in [-0.3, -0.25) is 0 Å². The van der Waals surface area contributed by atoms with Crippen molar-refractivity contribution in [2.45, 2.75) is 20.4 Å². The maximum absolute atomic E-state index is 5.77.